The fraction of sp³-hybridized carbons (Fsp3) is 0.0588. The molecule has 0 fully saturated rings. The molecule has 0 bridgehead atoms. The molecule has 0 saturated carbocycles. The lowest BCUT2D eigenvalue weighted by Crippen LogP contribution is -2.10. The van der Waals surface area contributed by atoms with Gasteiger partial charge in [-0.3, -0.25) is 4.79 Å². The van der Waals surface area contributed by atoms with E-state index >= 15 is 0 Å². The number of benzene rings is 2. The van der Waals surface area contributed by atoms with Gasteiger partial charge in [-0.25, -0.2) is 4.79 Å². The van der Waals surface area contributed by atoms with Crippen LogP contribution in [0.25, 0.3) is 11.0 Å². The Balaban J connectivity index is 1.99. The molecule has 0 spiro atoms. The number of fused-ring (bicyclic) bond motifs is 1. The molecule has 23 heavy (non-hydrogen) atoms. The third-order valence-electron chi connectivity index (χ3n) is 3.38. The monoisotopic (exact) mass is 392 g/mol. The summed E-state index contributed by atoms with van der Waals surface area (Å²) < 4.78 is 11.6. The summed E-state index contributed by atoms with van der Waals surface area (Å²) in [5, 5.41) is 0.356. The van der Waals surface area contributed by atoms with Crippen molar-refractivity contribution in [3.05, 3.63) is 73.5 Å². The van der Waals surface area contributed by atoms with E-state index < -0.39 is 5.97 Å². The minimum atomic E-state index is -0.490. The molecule has 2 aromatic carbocycles. The highest BCUT2D eigenvalue weighted by atomic mass is 79.9. The predicted octanol–water partition coefficient (Wildman–Crippen LogP) is 4.74. The van der Waals surface area contributed by atoms with Gasteiger partial charge in [-0.2, -0.15) is 0 Å². The van der Waals surface area contributed by atoms with Crippen molar-refractivity contribution in [2.75, 3.05) is 0 Å². The summed E-state index contributed by atoms with van der Waals surface area (Å²) in [7, 11) is 0. The summed E-state index contributed by atoms with van der Waals surface area (Å²) in [5.41, 5.74) is 1.01. The van der Waals surface area contributed by atoms with Gasteiger partial charge < -0.3 is 9.15 Å². The highest BCUT2D eigenvalue weighted by molar-refractivity contribution is 9.10. The van der Waals surface area contributed by atoms with Gasteiger partial charge in [0.25, 0.3) is 0 Å². The van der Waals surface area contributed by atoms with Crippen LogP contribution in [-0.2, 0) is 0 Å². The molecule has 0 aliphatic carbocycles. The Kier molecular flexibility index (Phi) is 4.24. The Labute approximate surface area is 144 Å². The van der Waals surface area contributed by atoms with Gasteiger partial charge in [-0.15, -0.1) is 0 Å². The largest absolute Gasteiger partial charge is 0.462 e. The minimum Gasteiger partial charge on any atom is -0.462 e. The van der Waals surface area contributed by atoms with Crippen molar-refractivity contribution in [2.45, 2.75) is 6.92 Å². The standard InChI is InChI=1S/C17H10BrClO4/c1-9-14(23-17(21)10-2-4-11(18)5-3-10)7-6-12-15(20)13(19)8-22-16(9)12/h2-8H,1H3. The zero-order valence-corrected chi connectivity index (χ0v) is 14.3. The van der Waals surface area contributed by atoms with Crippen LogP contribution < -0.4 is 10.2 Å². The second-order valence-electron chi connectivity index (χ2n) is 4.87. The summed E-state index contributed by atoms with van der Waals surface area (Å²) in [4.78, 5) is 24.1. The third-order valence-corrected chi connectivity index (χ3v) is 4.17. The smallest absolute Gasteiger partial charge is 0.343 e. The van der Waals surface area contributed by atoms with Crippen LogP contribution in [0.15, 0.2) is 56.3 Å². The van der Waals surface area contributed by atoms with Gasteiger partial charge in [-0.1, -0.05) is 27.5 Å². The highest BCUT2D eigenvalue weighted by Crippen LogP contribution is 2.27. The van der Waals surface area contributed by atoms with Crippen LogP contribution in [0.4, 0.5) is 0 Å². The van der Waals surface area contributed by atoms with Crippen LogP contribution in [0.5, 0.6) is 5.75 Å². The van der Waals surface area contributed by atoms with Crippen LogP contribution in [-0.4, -0.2) is 5.97 Å². The molecule has 0 N–H and O–H groups in total. The van der Waals surface area contributed by atoms with Gasteiger partial charge in [0.2, 0.25) is 5.43 Å². The number of esters is 1. The van der Waals surface area contributed by atoms with E-state index in [9.17, 15) is 9.59 Å². The molecule has 1 aromatic heterocycles. The summed E-state index contributed by atoms with van der Waals surface area (Å²) in [6, 6.07) is 9.91. The van der Waals surface area contributed by atoms with Crippen LogP contribution in [0.2, 0.25) is 5.02 Å². The molecule has 0 aliphatic rings. The first-order valence-corrected chi connectivity index (χ1v) is 7.83. The molecular weight excluding hydrogens is 384 g/mol. The van der Waals surface area contributed by atoms with Crippen molar-refractivity contribution in [1.82, 2.24) is 0 Å². The number of aryl methyl sites for hydroxylation is 1. The lowest BCUT2D eigenvalue weighted by atomic mass is 10.1. The van der Waals surface area contributed by atoms with Crippen LogP contribution in [0.3, 0.4) is 0 Å². The molecule has 116 valence electrons. The van der Waals surface area contributed by atoms with Gasteiger partial charge in [0.05, 0.1) is 10.9 Å². The van der Waals surface area contributed by atoms with Gasteiger partial charge in [0.1, 0.15) is 22.6 Å². The highest BCUT2D eigenvalue weighted by Gasteiger charge is 2.15. The van der Waals surface area contributed by atoms with E-state index in [1.54, 1.807) is 37.3 Å². The molecule has 4 nitrogen and oxygen atoms in total. The Bertz CT molecular complexity index is 961. The number of hydrogen-bond donors (Lipinski definition) is 0. The average Bonchev–Trinajstić information content (AvgIpc) is 2.54. The van der Waals surface area contributed by atoms with Crippen molar-refractivity contribution in [1.29, 1.82) is 0 Å². The van der Waals surface area contributed by atoms with Crippen molar-refractivity contribution in [3.8, 4) is 5.75 Å². The maximum absolute atomic E-state index is 12.2. The number of hydrogen-bond acceptors (Lipinski definition) is 4. The number of carbonyl (C=O) groups is 1. The molecule has 0 atom stereocenters. The molecule has 0 aliphatic heterocycles. The van der Waals surface area contributed by atoms with E-state index in [2.05, 4.69) is 15.9 Å². The van der Waals surface area contributed by atoms with Gasteiger partial charge in [-0.05, 0) is 43.3 Å². The number of carbonyl (C=O) groups excluding carboxylic acids is 1. The fourth-order valence-corrected chi connectivity index (χ4v) is 2.56. The average molecular weight is 394 g/mol. The topological polar surface area (TPSA) is 56.5 Å². The first kappa shape index (κ1) is 15.8. The fourth-order valence-electron chi connectivity index (χ4n) is 2.15. The molecule has 0 saturated heterocycles. The molecule has 3 rings (SSSR count). The molecule has 0 radical (unpaired) electrons. The Morgan fingerprint density at radius 3 is 2.57 bits per heavy atom. The first-order valence-electron chi connectivity index (χ1n) is 6.66. The second kappa shape index (κ2) is 6.18. The Morgan fingerprint density at radius 1 is 1.17 bits per heavy atom. The first-order chi connectivity index (χ1) is 11.0. The van der Waals surface area contributed by atoms with E-state index in [4.69, 9.17) is 20.8 Å². The number of rotatable bonds is 2. The quantitative estimate of drug-likeness (QED) is 0.466. The van der Waals surface area contributed by atoms with Crippen LogP contribution in [0.1, 0.15) is 15.9 Å². The van der Waals surface area contributed by atoms with Crippen molar-refractivity contribution >= 4 is 44.5 Å². The third kappa shape index (κ3) is 3.02. The summed E-state index contributed by atoms with van der Waals surface area (Å²) in [6.45, 7) is 1.71. The summed E-state index contributed by atoms with van der Waals surface area (Å²) >= 11 is 9.07. The van der Waals surface area contributed by atoms with Crippen molar-refractivity contribution < 1.29 is 13.9 Å². The van der Waals surface area contributed by atoms with E-state index in [0.29, 0.717) is 27.8 Å². The van der Waals surface area contributed by atoms with E-state index in [1.165, 1.54) is 12.3 Å². The van der Waals surface area contributed by atoms with Gasteiger partial charge in [0, 0.05) is 10.0 Å². The molecular formula is C17H10BrClO4. The molecule has 0 amide bonds. The maximum Gasteiger partial charge on any atom is 0.343 e. The zero-order chi connectivity index (χ0) is 16.6. The predicted molar refractivity (Wildman–Crippen MR) is 91.3 cm³/mol. The molecule has 3 aromatic rings. The minimum absolute atomic E-state index is 0.0107. The van der Waals surface area contributed by atoms with Gasteiger partial charge in [0.15, 0.2) is 0 Å². The zero-order valence-electron chi connectivity index (χ0n) is 11.9. The van der Waals surface area contributed by atoms with E-state index in [0.717, 1.165) is 4.47 Å². The molecule has 1 heterocycles. The number of halogens is 2. The lowest BCUT2D eigenvalue weighted by Gasteiger charge is -2.09. The normalized spacial score (nSPS) is 10.7. The van der Waals surface area contributed by atoms with E-state index in [-0.39, 0.29) is 10.5 Å². The second-order valence-corrected chi connectivity index (χ2v) is 6.20. The van der Waals surface area contributed by atoms with E-state index in [1.807, 2.05) is 0 Å². The summed E-state index contributed by atoms with van der Waals surface area (Å²) in [5.74, 6) is -0.160. The van der Waals surface area contributed by atoms with Gasteiger partial charge >= 0.3 is 5.97 Å². The van der Waals surface area contributed by atoms with Crippen molar-refractivity contribution in [3.63, 3.8) is 0 Å². The number of ether oxygens (including phenoxy) is 1. The Hall–Kier alpha value is -2.11. The Morgan fingerprint density at radius 2 is 1.87 bits per heavy atom. The molecule has 0 unspecified atom stereocenters. The van der Waals surface area contributed by atoms with Crippen molar-refractivity contribution in [2.24, 2.45) is 0 Å². The van der Waals surface area contributed by atoms with Crippen LogP contribution >= 0.6 is 27.5 Å². The maximum atomic E-state index is 12.2. The van der Waals surface area contributed by atoms with Crippen LogP contribution in [0, 0.1) is 6.92 Å². The lowest BCUT2D eigenvalue weighted by molar-refractivity contribution is 0.0733. The molecule has 6 heteroatoms. The summed E-state index contributed by atoms with van der Waals surface area (Å²) in [6.07, 6.45) is 1.18. The SMILES string of the molecule is Cc1c(OC(=O)c2ccc(Br)cc2)ccc2c(=O)c(Cl)coc12.